The van der Waals surface area contributed by atoms with Crippen LogP contribution in [0.4, 0.5) is 0 Å². The molecule has 1 aliphatic heterocycles. The first-order chi connectivity index (χ1) is 14.5. The molecule has 6 nitrogen and oxygen atoms in total. The highest BCUT2D eigenvalue weighted by Crippen LogP contribution is 2.18. The number of ether oxygens (including phenoxy) is 1. The molecule has 2 rings (SSSR count). The third kappa shape index (κ3) is 8.92. The van der Waals surface area contributed by atoms with E-state index in [-0.39, 0.29) is 6.04 Å². The second kappa shape index (κ2) is 13.5. The number of piperazine rings is 1. The van der Waals surface area contributed by atoms with Crippen LogP contribution in [-0.2, 0) is 0 Å². The van der Waals surface area contributed by atoms with Gasteiger partial charge in [-0.3, -0.25) is 4.99 Å². The molecule has 6 heteroatoms. The highest BCUT2D eigenvalue weighted by Gasteiger charge is 2.14. The molecule has 2 N–H and O–H groups in total. The predicted molar refractivity (Wildman–Crippen MR) is 127 cm³/mol. The van der Waals surface area contributed by atoms with Gasteiger partial charge in [0.05, 0.1) is 12.6 Å². The van der Waals surface area contributed by atoms with Gasteiger partial charge in [-0.1, -0.05) is 32.9 Å². The van der Waals surface area contributed by atoms with Crippen molar-refractivity contribution in [2.45, 2.75) is 46.6 Å². The van der Waals surface area contributed by atoms with Crippen molar-refractivity contribution in [2.75, 3.05) is 59.5 Å². The monoisotopic (exact) mass is 417 g/mol. The van der Waals surface area contributed by atoms with Crippen LogP contribution >= 0.6 is 0 Å². The van der Waals surface area contributed by atoms with Gasteiger partial charge in [0, 0.05) is 39.8 Å². The average molecular weight is 418 g/mol. The Bertz CT molecular complexity index is 609. The minimum atomic E-state index is 0.185. The van der Waals surface area contributed by atoms with Gasteiger partial charge in [-0.05, 0) is 56.5 Å². The third-order valence-electron chi connectivity index (χ3n) is 5.65. The summed E-state index contributed by atoms with van der Waals surface area (Å²) in [6.45, 7) is 17.7. The summed E-state index contributed by atoms with van der Waals surface area (Å²) >= 11 is 0. The lowest BCUT2D eigenvalue weighted by Crippen LogP contribution is -2.46. The fourth-order valence-electron chi connectivity index (χ4n) is 3.59. The molecule has 170 valence electrons. The summed E-state index contributed by atoms with van der Waals surface area (Å²) in [7, 11) is 1.83. The van der Waals surface area contributed by atoms with Crippen LogP contribution < -0.4 is 15.4 Å². The smallest absolute Gasteiger partial charge is 0.191 e. The van der Waals surface area contributed by atoms with Gasteiger partial charge in [-0.15, -0.1) is 0 Å². The number of nitrogens with zero attached hydrogens (tertiary/aromatic N) is 3. The van der Waals surface area contributed by atoms with Crippen LogP contribution in [0.3, 0.4) is 0 Å². The first kappa shape index (κ1) is 24.5. The van der Waals surface area contributed by atoms with Crippen LogP contribution in [-0.4, -0.2) is 75.2 Å². The molecule has 0 amide bonds. The van der Waals surface area contributed by atoms with Gasteiger partial charge < -0.3 is 25.2 Å². The molecule has 1 heterocycles. The summed E-state index contributed by atoms with van der Waals surface area (Å²) < 4.78 is 5.77. The summed E-state index contributed by atoms with van der Waals surface area (Å²) in [5, 5.41) is 6.94. The maximum atomic E-state index is 5.77. The van der Waals surface area contributed by atoms with Crippen molar-refractivity contribution in [3.63, 3.8) is 0 Å². The molecule has 0 bridgehead atoms. The summed E-state index contributed by atoms with van der Waals surface area (Å²) in [6, 6.07) is 8.53. The van der Waals surface area contributed by atoms with Crippen molar-refractivity contribution in [2.24, 2.45) is 10.9 Å². The van der Waals surface area contributed by atoms with E-state index >= 15 is 0 Å². The van der Waals surface area contributed by atoms with Crippen LogP contribution in [0.15, 0.2) is 29.3 Å². The summed E-state index contributed by atoms with van der Waals surface area (Å²) in [5.41, 5.74) is 1.22. The Morgan fingerprint density at radius 1 is 1.03 bits per heavy atom. The van der Waals surface area contributed by atoms with Crippen molar-refractivity contribution in [3.8, 4) is 5.75 Å². The zero-order chi connectivity index (χ0) is 21.8. The number of nitrogens with one attached hydrogen (secondary N) is 2. The zero-order valence-electron chi connectivity index (χ0n) is 19.8. The molecule has 0 radical (unpaired) electrons. The van der Waals surface area contributed by atoms with Crippen LogP contribution in [0.1, 0.15) is 52.1 Å². The van der Waals surface area contributed by atoms with Crippen molar-refractivity contribution >= 4 is 5.96 Å². The highest BCUT2D eigenvalue weighted by molar-refractivity contribution is 5.80. The molecule has 30 heavy (non-hydrogen) atoms. The molecule has 1 aliphatic rings. The molecule has 1 atom stereocenters. The Hall–Kier alpha value is -1.79. The quantitative estimate of drug-likeness (QED) is 0.328. The molecular weight excluding hydrogens is 374 g/mol. The lowest BCUT2D eigenvalue weighted by Gasteiger charge is -2.34. The number of hydrogen-bond donors (Lipinski definition) is 2. The molecule has 1 saturated heterocycles. The van der Waals surface area contributed by atoms with E-state index in [2.05, 4.69) is 65.3 Å². The minimum Gasteiger partial charge on any atom is -0.493 e. The highest BCUT2D eigenvalue weighted by atomic mass is 16.5. The first-order valence-corrected chi connectivity index (χ1v) is 11.7. The maximum absolute atomic E-state index is 5.77. The van der Waals surface area contributed by atoms with Gasteiger partial charge in [0.1, 0.15) is 5.75 Å². The second-order valence-corrected chi connectivity index (χ2v) is 8.62. The van der Waals surface area contributed by atoms with E-state index in [0.29, 0.717) is 5.92 Å². The molecule has 0 spiro atoms. The number of benzene rings is 1. The number of aliphatic imine (C=N–C) groups is 1. The van der Waals surface area contributed by atoms with Crippen LogP contribution in [0, 0.1) is 5.92 Å². The molecule has 0 saturated carbocycles. The first-order valence-electron chi connectivity index (χ1n) is 11.7. The Labute approximate surface area is 184 Å². The van der Waals surface area contributed by atoms with Gasteiger partial charge >= 0.3 is 0 Å². The van der Waals surface area contributed by atoms with Gasteiger partial charge in [-0.25, -0.2) is 0 Å². The minimum absolute atomic E-state index is 0.185. The van der Waals surface area contributed by atoms with Crippen molar-refractivity contribution < 1.29 is 4.74 Å². The summed E-state index contributed by atoms with van der Waals surface area (Å²) in [4.78, 5) is 9.50. The number of unbranched alkanes of at least 4 members (excludes halogenated alkanes) is 1. The van der Waals surface area contributed by atoms with Crippen LogP contribution in [0.5, 0.6) is 5.75 Å². The summed E-state index contributed by atoms with van der Waals surface area (Å²) in [5.74, 6) is 2.32. The van der Waals surface area contributed by atoms with E-state index in [4.69, 9.17) is 4.74 Å². The van der Waals surface area contributed by atoms with Crippen LogP contribution in [0.2, 0.25) is 0 Å². The van der Waals surface area contributed by atoms with E-state index in [0.717, 1.165) is 31.3 Å². The zero-order valence-corrected chi connectivity index (χ0v) is 19.8. The molecule has 1 aromatic rings. The normalized spacial score (nSPS) is 17.2. The molecule has 0 aromatic heterocycles. The molecular formula is C24H43N5O. The number of likely N-dealkylation sites (N-methyl/N-ethyl adjacent to an activating group) is 1. The fraction of sp³-hybridized carbons (Fsp3) is 0.708. The largest absolute Gasteiger partial charge is 0.493 e. The van der Waals surface area contributed by atoms with Crippen LogP contribution in [0.25, 0.3) is 0 Å². The Morgan fingerprint density at radius 2 is 1.70 bits per heavy atom. The Kier molecular flexibility index (Phi) is 11.0. The summed E-state index contributed by atoms with van der Waals surface area (Å²) in [6.07, 6.45) is 2.38. The van der Waals surface area contributed by atoms with Gasteiger partial charge in [-0.2, -0.15) is 0 Å². The fourth-order valence-corrected chi connectivity index (χ4v) is 3.59. The van der Waals surface area contributed by atoms with E-state index in [9.17, 15) is 0 Å². The molecule has 1 fully saturated rings. The van der Waals surface area contributed by atoms with Gasteiger partial charge in [0.2, 0.25) is 0 Å². The Morgan fingerprint density at radius 3 is 2.30 bits per heavy atom. The lowest BCUT2D eigenvalue weighted by molar-refractivity contribution is 0.136. The topological polar surface area (TPSA) is 52.1 Å². The standard InChI is InChI=1S/C24H43N5O/c1-6-28-15-17-29(18-16-28)14-8-7-13-26-24(25-5)27-21(4)22-9-11-23(12-10-22)30-19-20(2)3/h9-12,20-21H,6-8,13-19H2,1-5H3,(H2,25,26,27). The van der Waals surface area contributed by atoms with Crippen molar-refractivity contribution in [1.82, 2.24) is 20.4 Å². The molecule has 0 aliphatic carbocycles. The average Bonchev–Trinajstić information content (AvgIpc) is 2.77. The number of rotatable bonds is 11. The van der Waals surface area contributed by atoms with Gasteiger partial charge in [0.25, 0.3) is 0 Å². The number of hydrogen-bond acceptors (Lipinski definition) is 4. The Balaban J connectivity index is 1.64. The second-order valence-electron chi connectivity index (χ2n) is 8.62. The number of guanidine groups is 1. The van der Waals surface area contributed by atoms with E-state index < -0.39 is 0 Å². The van der Waals surface area contributed by atoms with Crippen molar-refractivity contribution in [3.05, 3.63) is 29.8 Å². The van der Waals surface area contributed by atoms with E-state index in [1.807, 2.05) is 19.2 Å². The molecule has 1 unspecified atom stereocenters. The maximum Gasteiger partial charge on any atom is 0.191 e. The SMILES string of the molecule is CCN1CCN(CCCCNC(=NC)NC(C)c2ccc(OCC(C)C)cc2)CC1. The van der Waals surface area contributed by atoms with Gasteiger partial charge in [0.15, 0.2) is 5.96 Å². The predicted octanol–water partition coefficient (Wildman–Crippen LogP) is 3.37. The molecule has 1 aromatic carbocycles. The van der Waals surface area contributed by atoms with E-state index in [1.54, 1.807) is 0 Å². The van der Waals surface area contributed by atoms with E-state index in [1.165, 1.54) is 51.3 Å². The lowest BCUT2D eigenvalue weighted by atomic mass is 10.1. The third-order valence-corrected chi connectivity index (χ3v) is 5.65. The van der Waals surface area contributed by atoms with Crippen molar-refractivity contribution in [1.29, 1.82) is 0 Å².